The summed E-state index contributed by atoms with van der Waals surface area (Å²) in [6.45, 7) is 3.45. The van der Waals surface area contributed by atoms with Crippen LogP contribution in [0.25, 0.3) is 5.69 Å². The van der Waals surface area contributed by atoms with E-state index in [0.29, 0.717) is 22.8 Å². The molecule has 37 heavy (non-hydrogen) atoms. The molecule has 0 bridgehead atoms. The Morgan fingerprint density at radius 2 is 1.62 bits per heavy atom. The average molecular weight is 517 g/mol. The summed E-state index contributed by atoms with van der Waals surface area (Å²) in [5, 5.41) is 5.13. The van der Waals surface area contributed by atoms with Crippen LogP contribution >= 0.6 is 11.8 Å². The second-order valence-electron chi connectivity index (χ2n) is 8.36. The van der Waals surface area contributed by atoms with Crippen molar-refractivity contribution in [1.82, 2.24) is 9.36 Å². The van der Waals surface area contributed by atoms with Gasteiger partial charge in [-0.15, -0.1) is 11.8 Å². The second kappa shape index (κ2) is 11.7. The molecule has 2 amide bonds. The second-order valence-corrected chi connectivity index (χ2v) is 9.78. The highest BCUT2D eigenvalue weighted by Crippen LogP contribution is 2.27. The molecule has 190 valence electrons. The molecule has 3 aromatic carbocycles. The zero-order valence-corrected chi connectivity index (χ0v) is 21.6. The predicted octanol–water partition coefficient (Wildman–Crippen LogP) is 4.62. The molecule has 0 radical (unpaired) electrons. The molecule has 1 aromatic heterocycles. The molecule has 2 N–H and O–H groups in total. The first kappa shape index (κ1) is 25.8. The number of thioether (sulfide) groups is 1. The lowest BCUT2D eigenvalue weighted by molar-refractivity contribution is -0.118. The molecule has 9 heteroatoms. The standard InChI is InChI=1S/C28H28N4O4S/c1-19-26(28(35)32(31(19)3)22-12-6-4-7-13-22)30-27(34)20(2)37-24-16-10-11-21(17-24)29-25(33)18-36-23-14-8-5-9-15-23/h4-17,20H,18H2,1-3H3,(H,29,33)(H,30,34). The normalized spacial score (nSPS) is 11.5. The number of nitrogens with zero attached hydrogens (tertiary/aromatic N) is 2. The van der Waals surface area contributed by atoms with Crippen molar-refractivity contribution in [3.05, 3.63) is 101 Å². The Labute approximate surface area is 219 Å². The summed E-state index contributed by atoms with van der Waals surface area (Å²) in [7, 11) is 1.78. The van der Waals surface area contributed by atoms with Crippen molar-refractivity contribution in [3.8, 4) is 11.4 Å². The SMILES string of the molecule is Cc1c(NC(=O)C(C)Sc2cccc(NC(=O)COc3ccccc3)c2)c(=O)n(-c2ccccc2)n1C. The number of rotatable bonds is 9. The largest absolute Gasteiger partial charge is 0.484 e. The number of ether oxygens (including phenoxy) is 1. The van der Waals surface area contributed by atoms with Crippen LogP contribution < -0.4 is 20.9 Å². The van der Waals surface area contributed by atoms with E-state index >= 15 is 0 Å². The molecule has 0 aliphatic carbocycles. The lowest BCUT2D eigenvalue weighted by atomic mass is 10.3. The quantitative estimate of drug-likeness (QED) is 0.317. The maximum Gasteiger partial charge on any atom is 0.295 e. The van der Waals surface area contributed by atoms with Gasteiger partial charge in [-0.05, 0) is 56.3 Å². The number of nitrogens with one attached hydrogen (secondary N) is 2. The van der Waals surface area contributed by atoms with Gasteiger partial charge in [0.2, 0.25) is 5.91 Å². The van der Waals surface area contributed by atoms with Crippen LogP contribution in [0.15, 0.2) is 94.6 Å². The van der Waals surface area contributed by atoms with Crippen molar-refractivity contribution in [3.63, 3.8) is 0 Å². The number of aromatic nitrogens is 2. The smallest absolute Gasteiger partial charge is 0.295 e. The molecule has 4 aromatic rings. The number of amides is 2. The molecular weight excluding hydrogens is 488 g/mol. The Balaban J connectivity index is 1.38. The van der Waals surface area contributed by atoms with Crippen LogP contribution in [0.3, 0.4) is 0 Å². The summed E-state index contributed by atoms with van der Waals surface area (Å²) in [5.74, 6) is 0.0405. The van der Waals surface area contributed by atoms with Crippen molar-refractivity contribution >= 4 is 35.0 Å². The van der Waals surface area contributed by atoms with Crippen LogP contribution in [-0.4, -0.2) is 33.0 Å². The van der Waals surface area contributed by atoms with E-state index in [1.165, 1.54) is 16.4 Å². The minimum Gasteiger partial charge on any atom is -0.484 e. The van der Waals surface area contributed by atoms with Gasteiger partial charge in [-0.1, -0.05) is 42.5 Å². The van der Waals surface area contributed by atoms with Crippen LogP contribution in [0.2, 0.25) is 0 Å². The number of para-hydroxylation sites is 2. The van der Waals surface area contributed by atoms with Crippen molar-refractivity contribution in [1.29, 1.82) is 0 Å². The van der Waals surface area contributed by atoms with E-state index in [9.17, 15) is 14.4 Å². The van der Waals surface area contributed by atoms with Crippen LogP contribution in [0.5, 0.6) is 5.75 Å². The highest BCUT2D eigenvalue weighted by Gasteiger charge is 2.21. The van der Waals surface area contributed by atoms with Crippen molar-refractivity contribution in [2.45, 2.75) is 24.0 Å². The maximum absolute atomic E-state index is 13.1. The molecule has 1 atom stereocenters. The van der Waals surface area contributed by atoms with Crippen LogP contribution in [0.1, 0.15) is 12.6 Å². The van der Waals surface area contributed by atoms with Crippen molar-refractivity contribution in [2.24, 2.45) is 7.05 Å². The number of hydrogen-bond acceptors (Lipinski definition) is 5. The zero-order chi connectivity index (χ0) is 26.4. The summed E-state index contributed by atoms with van der Waals surface area (Å²) in [6, 6.07) is 25.6. The van der Waals surface area contributed by atoms with Gasteiger partial charge in [0.25, 0.3) is 11.5 Å². The highest BCUT2D eigenvalue weighted by molar-refractivity contribution is 8.00. The molecule has 0 spiro atoms. The van der Waals surface area contributed by atoms with Crippen LogP contribution in [0, 0.1) is 6.92 Å². The van der Waals surface area contributed by atoms with Gasteiger partial charge < -0.3 is 15.4 Å². The number of anilines is 2. The number of carbonyl (C=O) groups excluding carboxylic acids is 2. The molecule has 1 heterocycles. The Bertz CT molecular complexity index is 1450. The third-order valence-corrected chi connectivity index (χ3v) is 6.81. The minimum atomic E-state index is -0.489. The number of benzene rings is 3. The lowest BCUT2D eigenvalue weighted by Gasteiger charge is -2.13. The molecule has 8 nitrogen and oxygen atoms in total. The van der Waals surface area contributed by atoms with Crippen LogP contribution in [0.4, 0.5) is 11.4 Å². The summed E-state index contributed by atoms with van der Waals surface area (Å²) in [6.07, 6.45) is 0. The highest BCUT2D eigenvalue weighted by atomic mass is 32.2. The van der Waals surface area contributed by atoms with E-state index in [1.54, 1.807) is 55.9 Å². The van der Waals surface area contributed by atoms with Gasteiger partial charge in [0.15, 0.2) is 6.61 Å². The fraction of sp³-hybridized carbons (Fsp3) is 0.179. The van der Waals surface area contributed by atoms with Gasteiger partial charge in [-0.2, -0.15) is 0 Å². The fourth-order valence-corrected chi connectivity index (χ4v) is 4.63. The molecule has 4 rings (SSSR count). The molecule has 0 saturated heterocycles. The summed E-state index contributed by atoms with van der Waals surface area (Å²) < 4.78 is 8.73. The molecule has 0 aliphatic heterocycles. The third-order valence-electron chi connectivity index (χ3n) is 5.72. The maximum atomic E-state index is 13.1. The first-order valence-corrected chi connectivity index (χ1v) is 12.6. The van der Waals surface area contributed by atoms with Gasteiger partial charge in [0.1, 0.15) is 11.4 Å². The van der Waals surface area contributed by atoms with E-state index in [-0.39, 0.29) is 29.7 Å². The first-order chi connectivity index (χ1) is 17.8. The minimum absolute atomic E-state index is 0.114. The Kier molecular flexibility index (Phi) is 8.15. The van der Waals surface area contributed by atoms with E-state index in [1.807, 2.05) is 54.6 Å². The van der Waals surface area contributed by atoms with Gasteiger partial charge in [-0.25, -0.2) is 4.68 Å². The van der Waals surface area contributed by atoms with Gasteiger partial charge >= 0.3 is 0 Å². The first-order valence-electron chi connectivity index (χ1n) is 11.7. The Hall–Kier alpha value is -4.24. The number of hydrogen-bond donors (Lipinski definition) is 2. The van der Waals surface area contributed by atoms with Gasteiger partial charge in [0.05, 0.1) is 16.6 Å². The molecule has 0 aliphatic rings. The molecule has 0 saturated carbocycles. The van der Waals surface area contributed by atoms with E-state index in [2.05, 4.69) is 10.6 Å². The Morgan fingerprint density at radius 1 is 0.946 bits per heavy atom. The predicted molar refractivity (Wildman–Crippen MR) is 147 cm³/mol. The summed E-state index contributed by atoms with van der Waals surface area (Å²) >= 11 is 1.33. The summed E-state index contributed by atoms with van der Waals surface area (Å²) in [4.78, 5) is 39.2. The van der Waals surface area contributed by atoms with Gasteiger partial charge in [-0.3, -0.25) is 19.1 Å². The lowest BCUT2D eigenvalue weighted by Crippen LogP contribution is -2.27. The van der Waals surface area contributed by atoms with Gasteiger partial charge in [0, 0.05) is 17.6 Å². The van der Waals surface area contributed by atoms with E-state index in [0.717, 1.165) is 4.90 Å². The topological polar surface area (TPSA) is 94.4 Å². The zero-order valence-electron chi connectivity index (χ0n) is 20.8. The van der Waals surface area contributed by atoms with Crippen molar-refractivity contribution < 1.29 is 14.3 Å². The molecule has 1 unspecified atom stereocenters. The average Bonchev–Trinajstić information content (AvgIpc) is 3.11. The van der Waals surface area contributed by atoms with Crippen LogP contribution in [-0.2, 0) is 16.6 Å². The fourth-order valence-electron chi connectivity index (χ4n) is 3.70. The van der Waals surface area contributed by atoms with E-state index in [4.69, 9.17) is 4.74 Å². The van der Waals surface area contributed by atoms with Crippen molar-refractivity contribution in [2.75, 3.05) is 17.2 Å². The molecule has 0 fully saturated rings. The number of carbonyl (C=O) groups is 2. The molecular formula is C28H28N4O4S. The third kappa shape index (κ3) is 6.31. The Morgan fingerprint density at radius 3 is 2.32 bits per heavy atom. The summed E-state index contributed by atoms with van der Waals surface area (Å²) in [5.41, 5.74) is 1.93. The van der Waals surface area contributed by atoms with E-state index < -0.39 is 5.25 Å². The monoisotopic (exact) mass is 516 g/mol.